The number of carbonyl (C=O) groups is 1. The molecule has 1 saturated heterocycles. The summed E-state index contributed by atoms with van der Waals surface area (Å²) in [4.78, 5) is 16.3. The molecule has 1 amide bonds. The van der Waals surface area contributed by atoms with E-state index >= 15 is 0 Å². The maximum atomic E-state index is 12.4. The topological polar surface area (TPSA) is 82.2 Å². The average Bonchev–Trinajstić information content (AvgIpc) is 2.59. The quantitative estimate of drug-likeness (QED) is 0.678. The molecule has 9 heteroatoms. The zero-order valence-electron chi connectivity index (χ0n) is 15.6. The van der Waals surface area contributed by atoms with E-state index in [0.717, 1.165) is 11.9 Å². The Morgan fingerprint density at radius 3 is 2.50 bits per heavy atom. The first kappa shape index (κ1) is 20.5. The van der Waals surface area contributed by atoms with Crippen molar-refractivity contribution in [1.29, 1.82) is 0 Å². The predicted octanol–water partition coefficient (Wildman–Crippen LogP) is -0.0330. The molecule has 1 aromatic rings. The summed E-state index contributed by atoms with van der Waals surface area (Å²) in [5, 5.41) is 2.77. The molecule has 26 heavy (non-hydrogen) atoms. The third kappa shape index (κ3) is 5.86. The van der Waals surface area contributed by atoms with E-state index in [2.05, 4.69) is 10.2 Å². The van der Waals surface area contributed by atoms with Crippen LogP contribution in [0.4, 0.5) is 11.4 Å². The minimum absolute atomic E-state index is 0.242. The van der Waals surface area contributed by atoms with Crippen LogP contribution >= 0.6 is 0 Å². The minimum atomic E-state index is -3.61. The molecule has 1 heterocycles. The third-order valence-electron chi connectivity index (χ3n) is 4.07. The van der Waals surface area contributed by atoms with Gasteiger partial charge in [0, 0.05) is 26.2 Å². The zero-order chi connectivity index (χ0) is 19.2. The molecule has 0 spiro atoms. The number of morpholine rings is 1. The summed E-state index contributed by atoms with van der Waals surface area (Å²) < 4.78 is 31.3. The van der Waals surface area contributed by atoms with Crippen molar-refractivity contribution >= 4 is 27.3 Å². The van der Waals surface area contributed by atoms with E-state index < -0.39 is 10.0 Å². The van der Waals surface area contributed by atoms with Crippen molar-refractivity contribution in [2.45, 2.75) is 0 Å². The van der Waals surface area contributed by atoms with Gasteiger partial charge >= 0.3 is 0 Å². The molecule has 0 bridgehead atoms. The summed E-state index contributed by atoms with van der Waals surface area (Å²) in [6.07, 6.45) is 1.12. The molecule has 0 saturated carbocycles. The fraction of sp³-hybridized carbons (Fsp3) is 0.588. The molecule has 0 aliphatic carbocycles. The van der Waals surface area contributed by atoms with Crippen molar-refractivity contribution in [3.05, 3.63) is 24.3 Å². The largest absolute Gasteiger partial charge is 0.378 e. The number of amides is 1. The Morgan fingerprint density at radius 1 is 1.23 bits per heavy atom. The summed E-state index contributed by atoms with van der Waals surface area (Å²) >= 11 is 0. The number of benzene rings is 1. The van der Waals surface area contributed by atoms with Crippen LogP contribution in [0, 0.1) is 0 Å². The van der Waals surface area contributed by atoms with Crippen LogP contribution in [0.1, 0.15) is 0 Å². The first-order valence-electron chi connectivity index (χ1n) is 8.60. The monoisotopic (exact) mass is 384 g/mol. The van der Waals surface area contributed by atoms with Crippen LogP contribution in [0.15, 0.2) is 24.3 Å². The van der Waals surface area contributed by atoms with E-state index in [9.17, 15) is 13.2 Å². The number of anilines is 2. The van der Waals surface area contributed by atoms with Gasteiger partial charge in [0.2, 0.25) is 15.9 Å². The lowest BCUT2D eigenvalue weighted by Gasteiger charge is -2.33. The van der Waals surface area contributed by atoms with Gasteiger partial charge in [-0.25, -0.2) is 8.42 Å². The number of hydrogen-bond acceptors (Lipinski definition) is 6. The Balaban J connectivity index is 2.21. The third-order valence-corrected chi connectivity index (χ3v) is 5.20. The van der Waals surface area contributed by atoms with E-state index in [4.69, 9.17) is 4.74 Å². The van der Waals surface area contributed by atoms with E-state index in [1.54, 1.807) is 12.1 Å². The van der Waals surface area contributed by atoms with Gasteiger partial charge in [0.1, 0.15) is 6.54 Å². The summed E-state index contributed by atoms with van der Waals surface area (Å²) in [5.41, 5.74) is 1.31. The number of rotatable bonds is 8. The van der Waals surface area contributed by atoms with Crippen LogP contribution in [0.5, 0.6) is 0 Å². The lowest BCUT2D eigenvalue weighted by atomic mass is 10.2. The van der Waals surface area contributed by atoms with Crippen LogP contribution in [0.2, 0.25) is 0 Å². The molecule has 1 aliphatic rings. The van der Waals surface area contributed by atoms with Gasteiger partial charge in [-0.15, -0.1) is 0 Å². The Morgan fingerprint density at radius 2 is 1.88 bits per heavy atom. The van der Waals surface area contributed by atoms with Crippen molar-refractivity contribution in [3.8, 4) is 0 Å². The number of likely N-dealkylation sites (N-methyl/N-ethyl adjacent to an activating group) is 1. The summed E-state index contributed by atoms with van der Waals surface area (Å²) in [6, 6.07) is 7.26. The Kier molecular flexibility index (Phi) is 7.24. The van der Waals surface area contributed by atoms with Crippen molar-refractivity contribution in [2.24, 2.45) is 0 Å². The summed E-state index contributed by atoms with van der Waals surface area (Å²) in [6.45, 7) is 3.47. The fourth-order valence-electron chi connectivity index (χ4n) is 2.73. The number of nitrogens with zero attached hydrogens (tertiary/aromatic N) is 3. The van der Waals surface area contributed by atoms with E-state index in [1.165, 1.54) is 4.31 Å². The lowest BCUT2D eigenvalue weighted by molar-refractivity contribution is -0.119. The number of carbonyl (C=O) groups excluding carboxylic acids is 1. The number of sulfonamides is 1. The Labute approximate surface area is 155 Å². The van der Waals surface area contributed by atoms with Gasteiger partial charge in [-0.2, -0.15) is 0 Å². The second-order valence-electron chi connectivity index (χ2n) is 6.51. The van der Waals surface area contributed by atoms with Gasteiger partial charge in [0.05, 0.1) is 30.8 Å². The smallest absolute Gasteiger partial charge is 0.240 e. The molecule has 2 rings (SSSR count). The maximum Gasteiger partial charge on any atom is 0.240 e. The normalized spacial score (nSPS) is 15.2. The Hall–Kier alpha value is -1.84. The van der Waals surface area contributed by atoms with Crippen LogP contribution in [0.3, 0.4) is 0 Å². The maximum absolute atomic E-state index is 12.4. The average molecular weight is 385 g/mol. The molecule has 0 atom stereocenters. The molecule has 1 N–H and O–H groups in total. The highest BCUT2D eigenvalue weighted by Crippen LogP contribution is 2.31. The molecule has 1 aliphatic heterocycles. The van der Waals surface area contributed by atoms with Crippen LogP contribution in [0.25, 0.3) is 0 Å². The zero-order valence-corrected chi connectivity index (χ0v) is 16.5. The number of para-hydroxylation sites is 2. The molecule has 1 aromatic carbocycles. The Bertz CT molecular complexity index is 702. The second-order valence-corrected chi connectivity index (χ2v) is 8.42. The predicted molar refractivity (Wildman–Crippen MR) is 103 cm³/mol. The van der Waals surface area contributed by atoms with Crippen molar-refractivity contribution in [2.75, 3.05) is 75.5 Å². The van der Waals surface area contributed by atoms with Crippen LogP contribution < -0.4 is 14.5 Å². The van der Waals surface area contributed by atoms with Gasteiger partial charge in [0.15, 0.2) is 0 Å². The number of nitrogens with one attached hydrogen (secondary N) is 1. The van der Waals surface area contributed by atoms with Crippen LogP contribution in [-0.4, -0.2) is 85.5 Å². The standard InChI is InChI=1S/C17H28N4O4S/c1-19(2)9-8-18-17(22)14-21(26(3,23)24)16-7-5-4-6-15(16)20-10-12-25-13-11-20/h4-7H,8-14H2,1-3H3,(H,18,22). The summed E-state index contributed by atoms with van der Waals surface area (Å²) in [5.74, 6) is -0.325. The van der Waals surface area contributed by atoms with Gasteiger partial charge < -0.3 is 19.9 Å². The van der Waals surface area contributed by atoms with Crippen molar-refractivity contribution < 1.29 is 17.9 Å². The van der Waals surface area contributed by atoms with Gasteiger partial charge in [-0.05, 0) is 26.2 Å². The van der Waals surface area contributed by atoms with Gasteiger partial charge in [-0.3, -0.25) is 9.10 Å². The molecule has 8 nitrogen and oxygen atoms in total. The lowest BCUT2D eigenvalue weighted by Crippen LogP contribution is -2.43. The molecular weight excluding hydrogens is 356 g/mol. The molecular formula is C17H28N4O4S. The van der Waals surface area contributed by atoms with E-state index in [-0.39, 0.29) is 12.5 Å². The SMILES string of the molecule is CN(C)CCNC(=O)CN(c1ccccc1N1CCOCC1)S(C)(=O)=O. The van der Waals surface area contributed by atoms with Gasteiger partial charge in [0.25, 0.3) is 0 Å². The highest BCUT2D eigenvalue weighted by Gasteiger charge is 2.25. The number of ether oxygens (including phenoxy) is 1. The molecule has 0 aromatic heterocycles. The van der Waals surface area contributed by atoms with Crippen molar-refractivity contribution in [1.82, 2.24) is 10.2 Å². The summed E-state index contributed by atoms with van der Waals surface area (Å²) in [7, 11) is 0.209. The molecule has 146 valence electrons. The fourth-order valence-corrected chi connectivity index (χ4v) is 3.60. The van der Waals surface area contributed by atoms with Gasteiger partial charge in [-0.1, -0.05) is 12.1 Å². The van der Waals surface area contributed by atoms with Crippen molar-refractivity contribution in [3.63, 3.8) is 0 Å². The molecule has 1 fully saturated rings. The number of hydrogen-bond donors (Lipinski definition) is 1. The molecule has 0 radical (unpaired) electrons. The van der Waals surface area contributed by atoms with E-state index in [1.807, 2.05) is 31.1 Å². The molecule has 0 unspecified atom stereocenters. The first-order valence-corrected chi connectivity index (χ1v) is 10.4. The second kappa shape index (κ2) is 9.20. The minimum Gasteiger partial charge on any atom is -0.378 e. The highest BCUT2D eigenvalue weighted by atomic mass is 32.2. The highest BCUT2D eigenvalue weighted by molar-refractivity contribution is 7.92. The van der Waals surface area contributed by atoms with Crippen LogP contribution in [-0.2, 0) is 19.6 Å². The van der Waals surface area contributed by atoms with E-state index in [0.29, 0.717) is 45.1 Å². The first-order chi connectivity index (χ1) is 12.3.